The van der Waals surface area contributed by atoms with Crippen LogP contribution in [0.2, 0.25) is 0 Å². The average Bonchev–Trinajstić information content (AvgIpc) is 2.28. The summed E-state index contributed by atoms with van der Waals surface area (Å²) in [5.41, 5.74) is 1.95. The number of Topliss-reactive ketones (excluding diaryl/α,β-unsaturated/α-hetero) is 1. The normalized spacial score (nSPS) is 11.5. The predicted octanol–water partition coefficient (Wildman–Crippen LogP) is 3.36. The van der Waals surface area contributed by atoms with Crippen LogP contribution in [0.1, 0.15) is 56.6 Å². The lowest BCUT2D eigenvalue weighted by Crippen LogP contribution is -2.19. The van der Waals surface area contributed by atoms with E-state index in [0.717, 1.165) is 12.8 Å². The quantitative estimate of drug-likeness (QED) is 0.705. The van der Waals surface area contributed by atoms with Crippen molar-refractivity contribution < 1.29 is 4.79 Å². The summed E-state index contributed by atoms with van der Waals surface area (Å²) in [5.74, 6) is 0.0243. The third kappa shape index (κ3) is 2.44. The molecular formula is C13H19NO. The lowest BCUT2D eigenvalue weighted by atomic mass is 9.78. The molecule has 0 aliphatic carbocycles. The Balaban J connectivity index is 3.02. The van der Waals surface area contributed by atoms with Gasteiger partial charge >= 0.3 is 0 Å². The summed E-state index contributed by atoms with van der Waals surface area (Å²) < 4.78 is 0. The number of pyridine rings is 1. The van der Waals surface area contributed by atoms with Crippen LogP contribution in [-0.4, -0.2) is 10.8 Å². The van der Waals surface area contributed by atoms with Crippen LogP contribution < -0.4 is 0 Å². The molecule has 0 atom stereocenters. The molecule has 1 heterocycles. The standard InChI is InChI=1S/C13H19NO/c1-5-13(4,6-2)11-7-8-12(10(3)15)14-9-11/h7-9H,5-6H2,1-4H3. The van der Waals surface area contributed by atoms with Crippen molar-refractivity contribution in [2.45, 2.75) is 46.0 Å². The number of carbonyl (C=O) groups is 1. The van der Waals surface area contributed by atoms with Crippen LogP contribution in [0.15, 0.2) is 18.3 Å². The van der Waals surface area contributed by atoms with Crippen LogP contribution in [0.5, 0.6) is 0 Å². The molecule has 1 aromatic heterocycles. The van der Waals surface area contributed by atoms with Crippen molar-refractivity contribution >= 4 is 5.78 Å². The summed E-state index contributed by atoms with van der Waals surface area (Å²) in [6.07, 6.45) is 4.01. The fraction of sp³-hybridized carbons (Fsp3) is 0.538. The van der Waals surface area contributed by atoms with Crippen molar-refractivity contribution in [2.24, 2.45) is 0 Å². The monoisotopic (exact) mass is 205 g/mol. The second-order valence-electron chi connectivity index (χ2n) is 4.26. The summed E-state index contributed by atoms with van der Waals surface area (Å²) in [6, 6.07) is 3.85. The minimum absolute atomic E-state index is 0.0243. The number of carbonyl (C=O) groups excluding carboxylic acids is 1. The first-order valence-electron chi connectivity index (χ1n) is 5.51. The molecule has 0 amide bonds. The van der Waals surface area contributed by atoms with Crippen LogP contribution in [0.3, 0.4) is 0 Å². The third-order valence-corrected chi connectivity index (χ3v) is 3.38. The fourth-order valence-corrected chi connectivity index (χ4v) is 1.62. The number of aromatic nitrogens is 1. The molecule has 0 spiro atoms. The average molecular weight is 205 g/mol. The van der Waals surface area contributed by atoms with Crippen molar-refractivity contribution in [3.05, 3.63) is 29.6 Å². The van der Waals surface area contributed by atoms with E-state index in [-0.39, 0.29) is 11.2 Å². The zero-order valence-corrected chi connectivity index (χ0v) is 10.0. The second-order valence-corrected chi connectivity index (χ2v) is 4.26. The first-order valence-corrected chi connectivity index (χ1v) is 5.51. The van der Waals surface area contributed by atoms with Crippen molar-refractivity contribution in [1.82, 2.24) is 4.98 Å². The van der Waals surface area contributed by atoms with Crippen molar-refractivity contribution in [3.8, 4) is 0 Å². The van der Waals surface area contributed by atoms with Crippen molar-refractivity contribution in [2.75, 3.05) is 0 Å². The summed E-state index contributed by atoms with van der Waals surface area (Å²) >= 11 is 0. The van der Waals surface area contributed by atoms with E-state index >= 15 is 0 Å². The highest BCUT2D eigenvalue weighted by Crippen LogP contribution is 2.30. The first kappa shape index (κ1) is 11.9. The van der Waals surface area contributed by atoms with Gasteiger partial charge in [-0.2, -0.15) is 0 Å². The highest BCUT2D eigenvalue weighted by atomic mass is 16.1. The molecule has 2 nitrogen and oxygen atoms in total. The number of rotatable bonds is 4. The molecule has 0 N–H and O–H groups in total. The number of hydrogen-bond donors (Lipinski definition) is 0. The second kappa shape index (κ2) is 4.56. The van der Waals surface area contributed by atoms with Gasteiger partial charge in [-0.15, -0.1) is 0 Å². The molecule has 0 aliphatic rings. The molecule has 15 heavy (non-hydrogen) atoms. The molecule has 0 saturated carbocycles. The molecule has 0 fully saturated rings. The summed E-state index contributed by atoms with van der Waals surface area (Å²) in [5, 5.41) is 0. The Morgan fingerprint density at radius 1 is 1.33 bits per heavy atom. The highest BCUT2D eigenvalue weighted by Gasteiger charge is 2.22. The Bertz CT molecular complexity index is 336. The molecule has 82 valence electrons. The summed E-state index contributed by atoms with van der Waals surface area (Å²) in [7, 11) is 0. The largest absolute Gasteiger partial charge is 0.293 e. The van der Waals surface area contributed by atoms with Crippen LogP contribution in [0.4, 0.5) is 0 Å². The first-order chi connectivity index (χ1) is 7.03. The zero-order valence-electron chi connectivity index (χ0n) is 10.0. The van der Waals surface area contributed by atoms with Crippen LogP contribution >= 0.6 is 0 Å². The van der Waals surface area contributed by atoms with Gasteiger partial charge in [0.05, 0.1) is 0 Å². The van der Waals surface area contributed by atoms with Gasteiger partial charge in [-0.1, -0.05) is 26.8 Å². The molecule has 1 aromatic rings. The number of nitrogens with zero attached hydrogens (tertiary/aromatic N) is 1. The van der Waals surface area contributed by atoms with Gasteiger partial charge in [-0.25, -0.2) is 0 Å². The molecular weight excluding hydrogens is 186 g/mol. The fourth-order valence-electron chi connectivity index (χ4n) is 1.62. The van der Waals surface area contributed by atoms with Crippen LogP contribution in [-0.2, 0) is 5.41 Å². The Morgan fingerprint density at radius 2 is 1.93 bits per heavy atom. The van der Waals surface area contributed by atoms with Gasteiger partial charge in [0.25, 0.3) is 0 Å². The Labute approximate surface area is 91.7 Å². The maximum atomic E-state index is 11.1. The maximum absolute atomic E-state index is 11.1. The highest BCUT2D eigenvalue weighted by molar-refractivity contribution is 5.91. The molecule has 0 saturated heterocycles. The molecule has 0 unspecified atom stereocenters. The lowest BCUT2D eigenvalue weighted by Gasteiger charge is -2.26. The smallest absolute Gasteiger partial charge is 0.178 e. The SMILES string of the molecule is CCC(C)(CC)c1ccc(C(C)=O)nc1. The molecule has 0 bridgehead atoms. The van der Waals surface area contributed by atoms with Gasteiger partial charge in [0.15, 0.2) is 5.78 Å². The van der Waals surface area contributed by atoms with Crippen molar-refractivity contribution in [1.29, 1.82) is 0 Å². The number of ketones is 1. The minimum Gasteiger partial charge on any atom is -0.293 e. The van der Waals surface area contributed by atoms with E-state index < -0.39 is 0 Å². The lowest BCUT2D eigenvalue weighted by molar-refractivity contribution is 0.101. The zero-order chi connectivity index (χ0) is 11.5. The Hall–Kier alpha value is -1.18. The van der Waals surface area contributed by atoms with Crippen molar-refractivity contribution in [3.63, 3.8) is 0 Å². The molecule has 2 heteroatoms. The van der Waals surface area contributed by atoms with E-state index in [1.165, 1.54) is 5.56 Å². The van der Waals surface area contributed by atoms with E-state index in [1.807, 2.05) is 18.3 Å². The molecule has 1 rings (SSSR count). The van der Waals surface area contributed by atoms with E-state index in [2.05, 4.69) is 25.8 Å². The van der Waals surface area contributed by atoms with E-state index in [0.29, 0.717) is 5.69 Å². The topological polar surface area (TPSA) is 30.0 Å². The minimum atomic E-state index is 0.0243. The molecule has 0 aromatic carbocycles. The van der Waals surface area contributed by atoms with E-state index in [4.69, 9.17) is 0 Å². The van der Waals surface area contributed by atoms with Gasteiger partial charge in [0.2, 0.25) is 0 Å². The maximum Gasteiger partial charge on any atom is 0.178 e. The van der Waals surface area contributed by atoms with Gasteiger partial charge in [0.1, 0.15) is 5.69 Å². The third-order valence-electron chi connectivity index (χ3n) is 3.38. The van der Waals surface area contributed by atoms with Crippen LogP contribution in [0.25, 0.3) is 0 Å². The van der Waals surface area contributed by atoms with Gasteiger partial charge in [-0.3, -0.25) is 9.78 Å². The summed E-state index contributed by atoms with van der Waals surface area (Å²) in [4.78, 5) is 15.3. The van der Waals surface area contributed by atoms with Gasteiger partial charge in [0, 0.05) is 13.1 Å². The molecule has 0 aliphatic heterocycles. The number of hydrogen-bond acceptors (Lipinski definition) is 2. The Morgan fingerprint density at radius 3 is 2.27 bits per heavy atom. The van der Waals surface area contributed by atoms with E-state index in [1.54, 1.807) is 6.92 Å². The molecule has 0 radical (unpaired) electrons. The predicted molar refractivity (Wildman–Crippen MR) is 62.2 cm³/mol. The van der Waals surface area contributed by atoms with E-state index in [9.17, 15) is 4.79 Å². The van der Waals surface area contributed by atoms with Gasteiger partial charge in [-0.05, 0) is 29.9 Å². The summed E-state index contributed by atoms with van der Waals surface area (Å²) in [6.45, 7) is 8.14. The Kier molecular flexibility index (Phi) is 3.61. The van der Waals surface area contributed by atoms with Crippen LogP contribution in [0, 0.1) is 0 Å². The van der Waals surface area contributed by atoms with Gasteiger partial charge < -0.3 is 0 Å².